The summed E-state index contributed by atoms with van der Waals surface area (Å²) in [5.74, 6) is -1.03. The molecule has 0 aliphatic heterocycles. The lowest BCUT2D eigenvalue weighted by Crippen LogP contribution is -2.15. The van der Waals surface area contributed by atoms with Crippen molar-refractivity contribution < 1.29 is 28.2 Å². The fourth-order valence-corrected chi connectivity index (χ4v) is 2.25. The van der Waals surface area contributed by atoms with Crippen LogP contribution in [0.25, 0.3) is 0 Å². The molecule has 7 heteroatoms. The van der Waals surface area contributed by atoms with Crippen LogP contribution < -0.4 is 10.1 Å². The van der Waals surface area contributed by atoms with Crippen molar-refractivity contribution in [1.29, 1.82) is 0 Å². The maximum absolute atomic E-state index is 12.8. The number of methoxy groups -OCH3 is 1. The van der Waals surface area contributed by atoms with E-state index in [-0.39, 0.29) is 43.4 Å². The van der Waals surface area contributed by atoms with E-state index in [2.05, 4.69) is 5.32 Å². The van der Waals surface area contributed by atoms with Crippen molar-refractivity contribution in [3.8, 4) is 5.75 Å². The van der Waals surface area contributed by atoms with E-state index in [0.717, 1.165) is 0 Å². The first-order chi connectivity index (χ1) is 13.0. The van der Waals surface area contributed by atoms with Crippen LogP contribution in [0.5, 0.6) is 5.75 Å². The third kappa shape index (κ3) is 6.89. The van der Waals surface area contributed by atoms with Crippen LogP contribution in [0.15, 0.2) is 48.5 Å². The highest BCUT2D eigenvalue weighted by molar-refractivity contribution is 5.98. The predicted octanol–water partition coefficient (Wildman–Crippen LogP) is 3.37. The third-order valence-electron chi connectivity index (χ3n) is 3.67. The summed E-state index contributed by atoms with van der Waals surface area (Å²) in [6.45, 7) is -0.367. The van der Waals surface area contributed by atoms with Crippen LogP contribution in [0.2, 0.25) is 0 Å². The molecule has 1 N–H and O–H groups in total. The predicted molar refractivity (Wildman–Crippen MR) is 97.2 cm³/mol. The number of nitrogens with one attached hydrogen (secondary N) is 1. The summed E-state index contributed by atoms with van der Waals surface area (Å²) in [5, 5.41) is 2.60. The largest absolute Gasteiger partial charge is 0.497 e. The number of hydrogen-bond acceptors (Lipinski definition) is 5. The van der Waals surface area contributed by atoms with Crippen molar-refractivity contribution in [2.45, 2.75) is 19.3 Å². The lowest BCUT2D eigenvalue weighted by Gasteiger charge is -2.07. The summed E-state index contributed by atoms with van der Waals surface area (Å²) >= 11 is 0. The molecule has 0 radical (unpaired) electrons. The van der Waals surface area contributed by atoms with E-state index in [1.165, 1.54) is 31.4 Å². The van der Waals surface area contributed by atoms with Gasteiger partial charge in [-0.15, -0.1) is 0 Å². The molecule has 2 rings (SSSR count). The summed E-state index contributed by atoms with van der Waals surface area (Å²) in [7, 11) is 1.50. The van der Waals surface area contributed by atoms with Gasteiger partial charge >= 0.3 is 5.97 Å². The quantitative estimate of drug-likeness (QED) is 0.538. The van der Waals surface area contributed by atoms with Crippen LogP contribution in [0, 0.1) is 5.82 Å². The van der Waals surface area contributed by atoms with E-state index < -0.39 is 5.97 Å². The molecule has 0 bridgehead atoms. The average Bonchev–Trinajstić information content (AvgIpc) is 2.68. The van der Waals surface area contributed by atoms with Crippen LogP contribution in [0.3, 0.4) is 0 Å². The van der Waals surface area contributed by atoms with Gasteiger partial charge in [0.15, 0.2) is 12.4 Å². The first-order valence-electron chi connectivity index (χ1n) is 8.36. The Bertz CT molecular complexity index is 804. The van der Waals surface area contributed by atoms with Gasteiger partial charge in [-0.1, -0.05) is 12.1 Å². The number of carbonyl (C=O) groups is 3. The molecule has 0 heterocycles. The van der Waals surface area contributed by atoms with Crippen LogP contribution in [0.1, 0.15) is 29.6 Å². The van der Waals surface area contributed by atoms with E-state index in [1.807, 2.05) is 0 Å². The minimum Gasteiger partial charge on any atom is -0.497 e. The molecular weight excluding hydrogens is 353 g/mol. The maximum atomic E-state index is 12.8. The molecule has 6 nitrogen and oxygen atoms in total. The summed E-state index contributed by atoms with van der Waals surface area (Å²) in [6, 6.07) is 11.9. The highest BCUT2D eigenvalue weighted by Crippen LogP contribution is 2.13. The van der Waals surface area contributed by atoms with Gasteiger partial charge in [-0.25, -0.2) is 4.39 Å². The van der Waals surface area contributed by atoms with Gasteiger partial charge in [0.05, 0.1) is 7.11 Å². The van der Waals surface area contributed by atoms with Crippen molar-refractivity contribution in [1.82, 2.24) is 0 Å². The molecule has 0 atom stereocenters. The number of esters is 1. The number of rotatable bonds is 9. The summed E-state index contributed by atoms with van der Waals surface area (Å²) in [4.78, 5) is 35.5. The van der Waals surface area contributed by atoms with Crippen molar-refractivity contribution in [2.75, 3.05) is 19.0 Å². The molecular formula is C20H20FNO5. The number of ketones is 1. The van der Waals surface area contributed by atoms with E-state index in [9.17, 15) is 18.8 Å². The smallest absolute Gasteiger partial charge is 0.306 e. The van der Waals surface area contributed by atoms with E-state index in [1.54, 1.807) is 24.3 Å². The number of carbonyl (C=O) groups excluding carboxylic acids is 3. The molecule has 1 amide bonds. The molecule has 2 aromatic rings. The maximum Gasteiger partial charge on any atom is 0.306 e. The summed E-state index contributed by atoms with van der Waals surface area (Å²) in [6.07, 6.45) is 0.401. The van der Waals surface area contributed by atoms with Crippen molar-refractivity contribution >= 4 is 23.3 Å². The highest BCUT2D eigenvalue weighted by Gasteiger charge is 2.11. The Balaban J connectivity index is 1.67. The van der Waals surface area contributed by atoms with Gasteiger partial charge in [-0.05, 0) is 42.8 Å². The molecule has 0 aliphatic rings. The summed E-state index contributed by atoms with van der Waals surface area (Å²) < 4.78 is 22.8. The van der Waals surface area contributed by atoms with Gasteiger partial charge in [-0.2, -0.15) is 0 Å². The summed E-state index contributed by atoms with van der Waals surface area (Å²) in [5.41, 5.74) is 0.869. The standard InChI is InChI=1S/C20H20FNO5/c1-26-17-5-2-4-14(12-17)18(23)13-27-20(25)7-3-6-19(24)22-16-10-8-15(21)9-11-16/h2,4-5,8-12H,3,6-7,13H2,1H3,(H,22,24). The molecule has 27 heavy (non-hydrogen) atoms. The minimum absolute atomic E-state index is 0.0161. The number of hydrogen-bond donors (Lipinski definition) is 1. The van der Waals surface area contributed by atoms with Gasteiger partial charge < -0.3 is 14.8 Å². The van der Waals surface area contributed by atoms with Gasteiger partial charge in [0.25, 0.3) is 0 Å². The van der Waals surface area contributed by atoms with Crippen LogP contribution in [-0.4, -0.2) is 31.4 Å². The molecule has 0 fully saturated rings. The zero-order valence-electron chi connectivity index (χ0n) is 14.9. The van der Waals surface area contributed by atoms with E-state index in [0.29, 0.717) is 17.0 Å². The second-order valence-corrected chi connectivity index (χ2v) is 5.72. The SMILES string of the molecule is COc1cccc(C(=O)COC(=O)CCCC(=O)Nc2ccc(F)cc2)c1. The average molecular weight is 373 g/mol. The fraction of sp³-hybridized carbons (Fsp3) is 0.250. The van der Waals surface area contributed by atoms with E-state index >= 15 is 0 Å². The van der Waals surface area contributed by atoms with Crippen molar-refractivity contribution in [2.24, 2.45) is 0 Å². The first-order valence-corrected chi connectivity index (χ1v) is 8.36. The second kappa shape index (κ2) is 10.1. The van der Waals surface area contributed by atoms with Crippen molar-refractivity contribution in [3.63, 3.8) is 0 Å². The zero-order valence-corrected chi connectivity index (χ0v) is 14.9. The monoisotopic (exact) mass is 373 g/mol. The Morgan fingerprint density at radius 2 is 1.78 bits per heavy atom. The molecule has 0 aromatic heterocycles. The number of amides is 1. The Labute approximate surface area is 156 Å². The fourth-order valence-electron chi connectivity index (χ4n) is 2.25. The first kappa shape index (κ1) is 20.1. The van der Waals surface area contributed by atoms with E-state index in [4.69, 9.17) is 9.47 Å². The Morgan fingerprint density at radius 3 is 2.48 bits per heavy atom. The Morgan fingerprint density at radius 1 is 1.04 bits per heavy atom. The number of halogens is 1. The van der Waals surface area contributed by atoms with Gasteiger partial charge in [0.2, 0.25) is 5.91 Å². The van der Waals surface area contributed by atoms with Gasteiger partial charge in [0.1, 0.15) is 11.6 Å². The lowest BCUT2D eigenvalue weighted by molar-refractivity contribution is -0.142. The zero-order chi connectivity index (χ0) is 19.6. The number of anilines is 1. The molecule has 2 aromatic carbocycles. The second-order valence-electron chi connectivity index (χ2n) is 5.72. The van der Waals surface area contributed by atoms with Crippen LogP contribution >= 0.6 is 0 Å². The lowest BCUT2D eigenvalue weighted by atomic mass is 10.1. The Hall–Kier alpha value is -3.22. The number of Topliss-reactive ketones (excluding diaryl/α,β-unsaturated/α-hetero) is 1. The molecule has 0 spiro atoms. The minimum atomic E-state index is -0.555. The van der Waals surface area contributed by atoms with Gasteiger partial charge in [-0.3, -0.25) is 14.4 Å². The molecule has 0 saturated heterocycles. The highest BCUT2D eigenvalue weighted by atomic mass is 19.1. The number of benzene rings is 2. The van der Waals surface area contributed by atoms with Crippen LogP contribution in [-0.2, 0) is 14.3 Å². The van der Waals surface area contributed by atoms with Crippen molar-refractivity contribution in [3.05, 3.63) is 59.9 Å². The molecule has 0 saturated carbocycles. The van der Waals surface area contributed by atoms with Gasteiger partial charge in [0, 0.05) is 24.1 Å². The normalized spacial score (nSPS) is 10.1. The topological polar surface area (TPSA) is 81.7 Å². The molecule has 0 unspecified atom stereocenters. The molecule has 0 aliphatic carbocycles. The third-order valence-corrected chi connectivity index (χ3v) is 3.67. The van der Waals surface area contributed by atoms with Crippen LogP contribution in [0.4, 0.5) is 10.1 Å². The number of ether oxygens (including phenoxy) is 2. The molecule has 142 valence electrons. The Kier molecular flexibility index (Phi) is 7.49.